The number of nitrogens with zero attached hydrogens (tertiary/aromatic N) is 3. The van der Waals surface area contributed by atoms with E-state index in [1.165, 1.54) is 23.7 Å². The molecule has 31 heavy (non-hydrogen) atoms. The van der Waals surface area contributed by atoms with Crippen molar-refractivity contribution in [1.29, 1.82) is 0 Å². The standard InChI is InChI=1S/C24H23FN4OS/c1-15(16-6-3-2-4-7-16)28-24(30)17-10-12-29(13-11-17)23-22-21(26-14-27-23)20-18(25)8-5-9-19(20)31-22/h2-9,14-15,17H,10-13H2,1H3,(H,28,30)/t15-/m0/s1. The number of amides is 1. The molecule has 4 aromatic rings. The predicted molar refractivity (Wildman–Crippen MR) is 123 cm³/mol. The lowest BCUT2D eigenvalue weighted by Crippen LogP contribution is -2.41. The number of anilines is 1. The number of nitrogens with one attached hydrogen (secondary N) is 1. The van der Waals surface area contributed by atoms with Gasteiger partial charge in [-0.25, -0.2) is 14.4 Å². The lowest BCUT2D eigenvalue weighted by molar-refractivity contribution is -0.126. The van der Waals surface area contributed by atoms with Crippen LogP contribution in [0.2, 0.25) is 0 Å². The zero-order valence-electron chi connectivity index (χ0n) is 17.2. The van der Waals surface area contributed by atoms with E-state index in [1.807, 2.05) is 43.3 Å². The van der Waals surface area contributed by atoms with Crippen molar-refractivity contribution in [2.75, 3.05) is 18.0 Å². The largest absolute Gasteiger partial charge is 0.355 e. The lowest BCUT2D eigenvalue weighted by atomic mass is 9.95. The molecule has 1 atom stereocenters. The highest BCUT2D eigenvalue weighted by molar-refractivity contribution is 7.26. The number of thiophene rings is 1. The SMILES string of the molecule is C[C@H](NC(=O)C1CCN(c2ncnc3c2sc2cccc(F)c23)CC1)c1ccccc1. The molecule has 158 valence electrons. The average molecular weight is 435 g/mol. The van der Waals surface area contributed by atoms with Crippen molar-refractivity contribution in [3.63, 3.8) is 0 Å². The van der Waals surface area contributed by atoms with Gasteiger partial charge in [0.05, 0.1) is 21.6 Å². The van der Waals surface area contributed by atoms with Crippen LogP contribution >= 0.6 is 11.3 Å². The minimum absolute atomic E-state index is 0.0123. The number of hydrogen-bond donors (Lipinski definition) is 1. The van der Waals surface area contributed by atoms with Crippen molar-refractivity contribution < 1.29 is 9.18 Å². The van der Waals surface area contributed by atoms with Gasteiger partial charge in [-0.1, -0.05) is 36.4 Å². The zero-order chi connectivity index (χ0) is 21.4. The Morgan fingerprint density at radius 2 is 1.90 bits per heavy atom. The Morgan fingerprint density at radius 3 is 2.68 bits per heavy atom. The number of halogens is 1. The van der Waals surface area contributed by atoms with Gasteiger partial charge in [0.25, 0.3) is 0 Å². The monoisotopic (exact) mass is 434 g/mol. The molecule has 1 N–H and O–H groups in total. The first-order valence-corrected chi connectivity index (χ1v) is 11.4. The van der Waals surface area contributed by atoms with E-state index in [0.29, 0.717) is 10.9 Å². The van der Waals surface area contributed by atoms with Gasteiger partial charge in [-0.3, -0.25) is 4.79 Å². The van der Waals surface area contributed by atoms with Gasteiger partial charge >= 0.3 is 0 Å². The number of rotatable bonds is 4. The number of piperidine rings is 1. The summed E-state index contributed by atoms with van der Waals surface area (Å²) in [6, 6.07) is 15.1. The summed E-state index contributed by atoms with van der Waals surface area (Å²) in [7, 11) is 0. The van der Waals surface area contributed by atoms with Gasteiger partial charge in [0, 0.05) is 23.7 Å². The number of carbonyl (C=O) groups is 1. The number of aromatic nitrogens is 2. The highest BCUT2D eigenvalue weighted by Crippen LogP contribution is 2.39. The van der Waals surface area contributed by atoms with Crippen LogP contribution < -0.4 is 10.2 Å². The van der Waals surface area contributed by atoms with E-state index in [-0.39, 0.29) is 23.7 Å². The van der Waals surface area contributed by atoms with Gasteiger partial charge in [0.1, 0.15) is 18.0 Å². The fraction of sp³-hybridized carbons (Fsp3) is 0.292. The Hall–Kier alpha value is -3.06. The van der Waals surface area contributed by atoms with E-state index >= 15 is 0 Å². The van der Waals surface area contributed by atoms with Crippen molar-refractivity contribution in [3.05, 3.63) is 66.2 Å². The molecule has 0 bridgehead atoms. The molecule has 1 aliphatic heterocycles. The topological polar surface area (TPSA) is 58.1 Å². The molecule has 2 aromatic carbocycles. The van der Waals surface area contributed by atoms with E-state index in [1.54, 1.807) is 6.07 Å². The number of benzene rings is 2. The molecule has 2 aromatic heterocycles. The summed E-state index contributed by atoms with van der Waals surface area (Å²) in [5.41, 5.74) is 1.77. The maximum Gasteiger partial charge on any atom is 0.223 e. The van der Waals surface area contributed by atoms with Gasteiger partial charge < -0.3 is 10.2 Å². The smallest absolute Gasteiger partial charge is 0.223 e. The maximum atomic E-state index is 14.4. The van der Waals surface area contributed by atoms with Gasteiger partial charge in [-0.05, 0) is 37.5 Å². The highest BCUT2D eigenvalue weighted by Gasteiger charge is 2.28. The van der Waals surface area contributed by atoms with Gasteiger partial charge in [-0.2, -0.15) is 0 Å². The van der Waals surface area contributed by atoms with Crippen molar-refractivity contribution in [2.24, 2.45) is 5.92 Å². The summed E-state index contributed by atoms with van der Waals surface area (Å²) in [5, 5.41) is 3.72. The second-order valence-corrected chi connectivity index (χ2v) is 9.04. The van der Waals surface area contributed by atoms with Crippen molar-refractivity contribution in [3.8, 4) is 0 Å². The fourth-order valence-corrected chi connectivity index (χ4v) is 5.49. The molecule has 7 heteroatoms. The molecular weight excluding hydrogens is 411 g/mol. The van der Waals surface area contributed by atoms with Crippen molar-refractivity contribution in [1.82, 2.24) is 15.3 Å². The van der Waals surface area contributed by atoms with Gasteiger partial charge in [-0.15, -0.1) is 11.3 Å². The van der Waals surface area contributed by atoms with Gasteiger partial charge in [0.15, 0.2) is 0 Å². The molecule has 0 aliphatic carbocycles. The third kappa shape index (κ3) is 3.74. The second-order valence-electron chi connectivity index (χ2n) is 7.99. The molecule has 0 saturated carbocycles. The Bertz CT molecular complexity index is 1230. The van der Waals surface area contributed by atoms with Crippen molar-refractivity contribution >= 4 is 43.4 Å². The first kappa shape index (κ1) is 19.9. The average Bonchev–Trinajstić information content (AvgIpc) is 3.20. The number of fused-ring (bicyclic) bond motifs is 3. The summed E-state index contributed by atoms with van der Waals surface area (Å²) < 4.78 is 16.2. The summed E-state index contributed by atoms with van der Waals surface area (Å²) in [4.78, 5) is 23.9. The summed E-state index contributed by atoms with van der Waals surface area (Å²) in [5.74, 6) is 0.672. The number of carbonyl (C=O) groups excluding carboxylic acids is 1. The van der Waals surface area contributed by atoms with E-state index in [9.17, 15) is 9.18 Å². The van der Waals surface area contributed by atoms with Crippen LogP contribution in [0.25, 0.3) is 20.3 Å². The molecule has 0 spiro atoms. The van der Waals surface area contributed by atoms with E-state index in [0.717, 1.165) is 46.7 Å². The number of hydrogen-bond acceptors (Lipinski definition) is 5. The van der Waals surface area contributed by atoms with Crippen LogP contribution in [0.5, 0.6) is 0 Å². The molecule has 1 amide bonds. The summed E-state index contributed by atoms with van der Waals surface area (Å²) in [6.45, 7) is 3.49. The normalized spacial score (nSPS) is 16.0. The first-order valence-electron chi connectivity index (χ1n) is 10.5. The molecule has 3 heterocycles. The van der Waals surface area contributed by atoms with Crippen LogP contribution in [0, 0.1) is 11.7 Å². The molecule has 0 radical (unpaired) electrons. The Kier molecular flexibility index (Phi) is 5.28. The molecule has 1 saturated heterocycles. The minimum Gasteiger partial charge on any atom is -0.355 e. The van der Waals surface area contributed by atoms with E-state index < -0.39 is 0 Å². The van der Waals surface area contributed by atoms with E-state index in [4.69, 9.17) is 0 Å². The van der Waals surface area contributed by atoms with Gasteiger partial charge in [0.2, 0.25) is 5.91 Å². The highest BCUT2D eigenvalue weighted by atomic mass is 32.1. The minimum atomic E-state index is -0.253. The first-order chi connectivity index (χ1) is 15.1. The van der Waals surface area contributed by atoms with E-state index in [2.05, 4.69) is 20.2 Å². The third-order valence-electron chi connectivity index (χ3n) is 6.03. The van der Waals surface area contributed by atoms with Crippen LogP contribution in [0.3, 0.4) is 0 Å². The predicted octanol–water partition coefficient (Wildman–Crippen LogP) is 5.08. The van der Waals surface area contributed by atoms with Crippen LogP contribution in [0.15, 0.2) is 54.9 Å². The summed E-state index contributed by atoms with van der Waals surface area (Å²) >= 11 is 1.52. The Labute approximate surface area is 183 Å². The zero-order valence-corrected chi connectivity index (χ0v) is 18.0. The third-order valence-corrected chi connectivity index (χ3v) is 7.17. The molecule has 5 rings (SSSR count). The molecule has 1 fully saturated rings. The van der Waals surface area contributed by atoms with Crippen LogP contribution in [-0.2, 0) is 4.79 Å². The lowest BCUT2D eigenvalue weighted by Gasteiger charge is -2.32. The summed E-state index contributed by atoms with van der Waals surface area (Å²) in [6.07, 6.45) is 3.03. The van der Waals surface area contributed by atoms with Crippen LogP contribution in [0.1, 0.15) is 31.4 Å². The Balaban J connectivity index is 1.31. The fourth-order valence-electron chi connectivity index (χ4n) is 4.30. The molecule has 5 nitrogen and oxygen atoms in total. The van der Waals surface area contributed by atoms with Crippen LogP contribution in [-0.4, -0.2) is 29.0 Å². The van der Waals surface area contributed by atoms with Crippen molar-refractivity contribution in [2.45, 2.75) is 25.8 Å². The molecular formula is C24H23FN4OS. The quantitative estimate of drug-likeness (QED) is 0.487. The Morgan fingerprint density at radius 1 is 1.13 bits per heavy atom. The molecule has 1 aliphatic rings. The van der Waals surface area contributed by atoms with Crippen LogP contribution in [0.4, 0.5) is 10.2 Å². The second kappa shape index (κ2) is 8.23. The maximum absolute atomic E-state index is 14.4. The molecule has 0 unspecified atom stereocenters.